The fraction of sp³-hybridized carbons (Fsp3) is 0.381. The predicted octanol–water partition coefficient (Wildman–Crippen LogP) is 1.76. The number of hydrogen-bond acceptors (Lipinski definition) is 7. The molecule has 1 atom stereocenters. The average Bonchev–Trinajstić information content (AvgIpc) is 3.23. The van der Waals surface area contributed by atoms with Crippen LogP contribution in [0.5, 0.6) is 11.5 Å². The van der Waals surface area contributed by atoms with Crippen LogP contribution in [0.3, 0.4) is 0 Å². The molecule has 0 saturated heterocycles. The zero-order valence-electron chi connectivity index (χ0n) is 17.5. The minimum atomic E-state index is -0.860. The van der Waals surface area contributed by atoms with Gasteiger partial charge < -0.3 is 19.5 Å². The third-order valence-electron chi connectivity index (χ3n) is 5.20. The molecule has 0 spiro atoms. The molecule has 1 aromatic carbocycles. The number of allylic oxidation sites excluding steroid dienone is 1. The number of anilines is 1. The van der Waals surface area contributed by atoms with Crippen LogP contribution in [-0.4, -0.2) is 66.4 Å². The van der Waals surface area contributed by atoms with Crippen molar-refractivity contribution >= 4 is 35.6 Å². The summed E-state index contributed by atoms with van der Waals surface area (Å²) in [6, 6.07) is 4.33. The Kier molecular flexibility index (Phi) is 5.45. The Morgan fingerprint density at radius 3 is 2.81 bits per heavy atom. The smallest absolute Gasteiger partial charge is 0.446 e. The molecule has 1 unspecified atom stereocenters. The molecule has 0 saturated carbocycles. The number of rotatable bonds is 6. The number of carbonyl (C=O) groups is 3. The fourth-order valence-electron chi connectivity index (χ4n) is 3.68. The molecule has 3 aliphatic heterocycles. The summed E-state index contributed by atoms with van der Waals surface area (Å²) in [5.41, 5.74) is 1.26. The van der Waals surface area contributed by atoms with Crippen LogP contribution in [0.1, 0.15) is 20.3 Å². The van der Waals surface area contributed by atoms with E-state index in [0.717, 1.165) is 10.5 Å². The molecule has 4 amide bonds. The first-order valence-corrected chi connectivity index (χ1v) is 9.99. The predicted molar refractivity (Wildman–Crippen MR) is 110 cm³/mol. The van der Waals surface area contributed by atoms with Crippen LogP contribution < -0.4 is 14.8 Å². The van der Waals surface area contributed by atoms with E-state index in [4.69, 9.17) is 14.2 Å². The lowest BCUT2D eigenvalue weighted by molar-refractivity contribution is -0.408. The van der Waals surface area contributed by atoms with E-state index in [9.17, 15) is 14.4 Å². The summed E-state index contributed by atoms with van der Waals surface area (Å²) in [7, 11) is 1.53. The highest BCUT2D eigenvalue weighted by molar-refractivity contribution is 6.17. The molecule has 0 bridgehead atoms. The topological polar surface area (TPSA) is 110 Å². The molecular formula is C21H23N4O6+. The van der Waals surface area contributed by atoms with Crippen molar-refractivity contribution in [3.8, 4) is 11.5 Å². The van der Waals surface area contributed by atoms with Gasteiger partial charge in [-0.3, -0.25) is 9.59 Å². The lowest BCUT2D eigenvalue weighted by Gasteiger charge is -2.29. The molecular weight excluding hydrogens is 404 g/mol. The van der Waals surface area contributed by atoms with Crippen molar-refractivity contribution in [1.29, 1.82) is 0 Å². The largest absolute Gasteiger partial charge is 0.496 e. The van der Waals surface area contributed by atoms with Gasteiger partial charge in [0, 0.05) is 17.3 Å². The Labute approximate surface area is 178 Å². The van der Waals surface area contributed by atoms with E-state index in [1.54, 1.807) is 24.4 Å². The highest BCUT2D eigenvalue weighted by Crippen LogP contribution is 2.34. The summed E-state index contributed by atoms with van der Waals surface area (Å²) in [6.07, 6.45) is 2.24. The zero-order valence-corrected chi connectivity index (χ0v) is 17.5. The molecule has 0 fully saturated rings. The van der Waals surface area contributed by atoms with Gasteiger partial charge in [0.2, 0.25) is 6.79 Å². The molecule has 0 aliphatic carbocycles. The number of nitrogens with one attached hydrogen (secondary N) is 1. The highest BCUT2D eigenvalue weighted by atomic mass is 16.7. The van der Waals surface area contributed by atoms with Gasteiger partial charge in [-0.1, -0.05) is 6.92 Å². The van der Waals surface area contributed by atoms with E-state index in [2.05, 4.69) is 10.3 Å². The molecule has 4 rings (SSSR count). The van der Waals surface area contributed by atoms with Gasteiger partial charge in [-0.25, -0.2) is 4.79 Å². The van der Waals surface area contributed by atoms with Gasteiger partial charge in [0.15, 0.2) is 24.0 Å². The molecule has 3 aliphatic rings. The van der Waals surface area contributed by atoms with Crippen LogP contribution in [0, 0.1) is 5.92 Å². The van der Waals surface area contributed by atoms with Crippen LogP contribution in [0.25, 0.3) is 0 Å². The number of urea groups is 1. The number of amidine groups is 1. The van der Waals surface area contributed by atoms with Gasteiger partial charge >= 0.3 is 11.9 Å². The van der Waals surface area contributed by atoms with Gasteiger partial charge in [0.25, 0.3) is 11.7 Å². The SMILES string of the molecule is CCOC1=C(CC)C=NC2=[N+](C)C(=O)N(CC(=O)Nc3ccc4c(c3)OCO4)C(=O)C12. The second-order valence-corrected chi connectivity index (χ2v) is 7.11. The third-order valence-corrected chi connectivity index (χ3v) is 5.20. The summed E-state index contributed by atoms with van der Waals surface area (Å²) in [4.78, 5) is 43.9. The molecule has 10 heteroatoms. The molecule has 1 aromatic rings. The van der Waals surface area contributed by atoms with Gasteiger partial charge in [-0.05, 0) is 25.5 Å². The summed E-state index contributed by atoms with van der Waals surface area (Å²) < 4.78 is 17.6. The van der Waals surface area contributed by atoms with Gasteiger partial charge in [-0.2, -0.15) is 9.48 Å². The van der Waals surface area contributed by atoms with Crippen molar-refractivity contribution in [1.82, 2.24) is 4.90 Å². The third kappa shape index (κ3) is 3.65. The Morgan fingerprint density at radius 1 is 1.29 bits per heavy atom. The minimum Gasteiger partial charge on any atom is -0.496 e. The summed E-state index contributed by atoms with van der Waals surface area (Å²) in [5, 5.41) is 2.68. The first-order chi connectivity index (χ1) is 14.9. The number of carbonyl (C=O) groups excluding carboxylic acids is 3. The molecule has 31 heavy (non-hydrogen) atoms. The number of aliphatic imine (C=N–C) groups is 1. The Balaban J connectivity index is 1.56. The zero-order chi connectivity index (χ0) is 22.1. The lowest BCUT2D eigenvalue weighted by Crippen LogP contribution is -2.56. The number of nitrogens with zero attached hydrogens (tertiary/aromatic N) is 3. The first-order valence-electron chi connectivity index (χ1n) is 9.99. The maximum absolute atomic E-state index is 13.3. The van der Waals surface area contributed by atoms with Gasteiger partial charge in [0.05, 0.1) is 13.7 Å². The lowest BCUT2D eigenvalue weighted by atomic mass is 9.94. The fourth-order valence-corrected chi connectivity index (χ4v) is 3.68. The van der Waals surface area contributed by atoms with Gasteiger partial charge in [0.1, 0.15) is 12.0 Å². The number of hydrogen-bond donors (Lipinski definition) is 1. The summed E-state index contributed by atoms with van der Waals surface area (Å²) >= 11 is 0. The van der Waals surface area contributed by atoms with Crippen LogP contribution in [0.4, 0.5) is 10.5 Å². The average molecular weight is 427 g/mol. The quantitative estimate of drug-likeness (QED) is 0.693. The van der Waals surface area contributed by atoms with E-state index < -0.39 is 30.3 Å². The normalized spacial score (nSPS) is 19.7. The molecule has 3 heterocycles. The Bertz CT molecular complexity index is 1060. The van der Waals surface area contributed by atoms with E-state index >= 15 is 0 Å². The van der Waals surface area contributed by atoms with E-state index in [-0.39, 0.29) is 6.79 Å². The number of dihydropyridines is 1. The van der Waals surface area contributed by atoms with Crippen molar-refractivity contribution in [2.24, 2.45) is 10.9 Å². The van der Waals surface area contributed by atoms with Crippen molar-refractivity contribution in [3.05, 3.63) is 29.5 Å². The van der Waals surface area contributed by atoms with E-state index in [1.165, 1.54) is 11.6 Å². The van der Waals surface area contributed by atoms with Crippen LogP contribution in [0.15, 0.2) is 34.5 Å². The Hall–Kier alpha value is -3.69. The maximum atomic E-state index is 13.3. The molecule has 1 N–H and O–H groups in total. The molecule has 10 nitrogen and oxygen atoms in total. The first kappa shape index (κ1) is 20.6. The van der Waals surface area contributed by atoms with Crippen molar-refractivity contribution in [3.63, 3.8) is 0 Å². The standard InChI is InChI=1S/C21H22N4O6/c1-4-12-9-22-19-17(18(12)29-5-2)20(27)25(21(28)24(19)3)10-16(26)23-13-6-7-14-15(8-13)31-11-30-14/h6-9,17H,4-5,10-11H2,1-3H3/p+1. The number of imide groups is 1. The number of benzene rings is 1. The maximum Gasteiger partial charge on any atom is 0.446 e. The molecule has 162 valence electrons. The minimum absolute atomic E-state index is 0.119. The highest BCUT2D eigenvalue weighted by Gasteiger charge is 2.51. The van der Waals surface area contributed by atoms with Crippen molar-refractivity contribution in [2.45, 2.75) is 20.3 Å². The summed E-state index contributed by atoms with van der Waals surface area (Å²) in [5.74, 6) is -0.0476. The monoisotopic (exact) mass is 427 g/mol. The number of ether oxygens (including phenoxy) is 3. The van der Waals surface area contributed by atoms with E-state index in [1.807, 2.05) is 13.8 Å². The van der Waals surface area contributed by atoms with Crippen LogP contribution >= 0.6 is 0 Å². The number of amides is 4. The van der Waals surface area contributed by atoms with Crippen molar-refractivity contribution < 1.29 is 33.2 Å². The number of fused-ring (bicyclic) bond motifs is 2. The second-order valence-electron chi connectivity index (χ2n) is 7.11. The van der Waals surface area contributed by atoms with Crippen LogP contribution in [0.2, 0.25) is 0 Å². The summed E-state index contributed by atoms with van der Waals surface area (Å²) in [6.45, 7) is 3.80. The molecule has 0 radical (unpaired) electrons. The Morgan fingerprint density at radius 2 is 2.06 bits per heavy atom. The van der Waals surface area contributed by atoms with E-state index in [0.29, 0.717) is 41.8 Å². The second kappa shape index (κ2) is 8.21. The van der Waals surface area contributed by atoms with Gasteiger partial charge in [-0.15, -0.1) is 4.99 Å². The molecule has 0 aromatic heterocycles. The van der Waals surface area contributed by atoms with Crippen molar-refractivity contribution in [2.75, 3.05) is 32.3 Å². The van der Waals surface area contributed by atoms with Crippen LogP contribution in [-0.2, 0) is 14.3 Å².